The number of halogens is 1. The van der Waals surface area contributed by atoms with Crippen molar-refractivity contribution in [3.8, 4) is 0 Å². The summed E-state index contributed by atoms with van der Waals surface area (Å²) in [7, 11) is 2.10. The minimum Gasteiger partial charge on any atom is -0.354 e. The van der Waals surface area contributed by atoms with Gasteiger partial charge >= 0.3 is 0 Å². The van der Waals surface area contributed by atoms with Crippen LogP contribution in [0.2, 0.25) is 5.15 Å². The largest absolute Gasteiger partial charge is 0.354 e. The van der Waals surface area contributed by atoms with Gasteiger partial charge in [-0.1, -0.05) is 18.5 Å². The van der Waals surface area contributed by atoms with Gasteiger partial charge in [-0.3, -0.25) is 0 Å². The van der Waals surface area contributed by atoms with Crippen molar-refractivity contribution in [3.05, 3.63) is 36.0 Å². The van der Waals surface area contributed by atoms with Crippen molar-refractivity contribution in [2.75, 3.05) is 29.9 Å². The third-order valence-electron chi connectivity index (χ3n) is 4.97. The van der Waals surface area contributed by atoms with Gasteiger partial charge in [-0.15, -0.1) is 0 Å². The number of fused-ring (bicyclic) bond motifs is 1. The lowest BCUT2D eigenvalue weighted by Crippen LogP contribution is -2.51. The highest BCUT2D eigenvalue weighted by Crippen LogP contribution is 2.29. The topological polar surface area (TPSA) is 73.8 Å². The second-order valence-electron chi connectivity index (χ2n) is 6.51. The van der Waals surface area contributed by atoms with Crippen LogP contribution < -0.4 is 9.80 Å². The van der Waals surface area contributed by atoms with Crippen LogP contribution in [-0.2, 0) is 0 Å². The molecule has 1 aliphatic rings. The average molecular weight is 358 g/mol. The van der Waals surface area contributed by atoms with E-state index >= 15 is 0 Å². The van der Waals surface area contributed by atoms with Gasteiger partial charge in [0.15, 0.2) is 0 Å². The number of hydrogen-bond acceptors (Lipinski definition) is 6. The van der Waals surface area contributed by atoms with Crippen molar-refractivity contribution in [2.24, 2.45) is 5.92 Å². The molecule has 0 saturated carbocycles. The summed E-state index contributed by atoms with van der Waals surface area (Å²) in [6.07, 6.45) is 6.27. The molecule has 7 nitrogen and oxygen atoms in total. The predicted molar refractivity (Wildman–Crippen MR) is 99.1 cm³/mol. The average Bonchev–Trinajstić information content (AvgIpc) is 3.10. The first-order valence-electron chi connectivity index (χ1n) is 8.38. The normalized spacial score (nSPS) is 20.8. The molecule has 8 heteroatoms. The Kier molecular flexibility index (Phi) is 4.17. The number of anilines is 2. The monoisotopic (exact) mass is 357 g/mol. The van der Waals surface area contributed by atoms with Crippen LogP contribution in [0.25, 0.3) is 11.0 Å². The number of rotatable bonds is 3. The highest BCUT2D eigenvalue weighted by Gasteiger charge is 2.31. The molecule has 1 fully saturated rings. The van der Waals surface area contributed by atoms with Gasteiger partial charge in [-0.2, -0.15) is 0 Å². The Bertz CT molecular complexity index is 880. The SMILES string of the molecule is CC1CCN(c2nccc(Cl)n2)CC1N(C)c1ncnc2[nH]ccc12. The second kappa shape index (κ2) is 6.48. The molecule has 0 aliphatic carbocycles. The minimum atomic E-state index is 0.296. The third kappa shape index (κ3) is 3.00. The number of piperidine rings is 1. The Morgan fingerprint density at radius 2 is 2.16 bits per heavy atom. The van der Waals surface area contributed by atoms with Gasteiger partial charge in [-0.25, -0.2) is 19.9 Å². The molecule has 1 aliphatic heterocycles. The van der Waals surface area contributed by atoms with Gasteiger partial charge in [0.1, 0.15) is 22.9 Å². The predicted octanol–water partition coefficient (Wildman–Crippen LogP) is 2.75. The van der Waals surface area contributed by atoms with E-state index in [0.717, 1.165) is 36.4 Å². The molecule has 2 atom stereocenters. The van der Waals surface area contributed by atoms with E-state index in [4.69, 9.17) is 11.6 Å². The van der Waals surface area contributed by atoms with Gasteiger partial charge in [0.05, 0.1) is 11.4 Å². The van der Waals surface area contributed by atoms with Crippen molar-refractivity contribution in [3.63, 3.8) is 0 Å². The van der Waals surface area contributed by atoms with Crippen LogP contribution in [0.3, 0.4) is 0 Å². The lowest BCUT2D eigenvalue weighted by Gasteiger charge is -2.42. The first-order valence-corrected chi connectivity index (χ1v) is 8.75. The van der Waals surface area contributed by atoms with Crippen LogP contribution in [0.5, 0.6) is 0 Å². The van der Waals surface area contributed by atoms with Gasteiger partial charge < -0.3 is 14.8 Å². The quantitative estimate of drug-likeness (QED) is 0.726. The van der Waals surface area contributed by atoms with Gasteiger partial charge in [0.25, 0.3) is 0 Å². The summed E-state index contributed by atoms with van der Waals surface area (Å²) in [5, 5.41) is 1.51. The summed E-state index contributed by atoms with van der Waals surface area (Å²) in [5.74, 6) is 2.16. The van der Waals surface area contributed by atoms with E-state index in [1.54, 1.807) is 18.6 Å². The van der Waals surface area contributed by atoms with E-state index in [1.165, 1.54) is 0 Å². The van der Waals surface area contributed by atoms with Crippen LogP contribution in [0.15, 0.2) is 30.9 Å². The van der Waals surface area contributed by atoms with E-state index in [1.807, 2.05) is 12.3 Å². The lowest BCUT2D eigenvalue weighted by molar-refractivity contribution is 0.364. The number of aromatic amines is 1. The molecule has 0 radical (unpaired) electrons. The summed E-state index contributed by atoms with van der Waals surface area (Å²) in [5.41, 5.74) is 0.857. The van der Waals surface area contributed by atoms with Crippen molar-refractivity contribution < 1.29 is 0 Å². The molecule has 3 aromatic rings. The van der Waals surface area contributed by atoms with Gasteiger partial charge in [-0.05, 0) is 24.5 Å². The highest BCUT2D eigenvalue weighted by atomic mass is 35.5. The van der Waals surface area contributed by atoms with Crippen molar-refractivity contribution >= 4 is 34.4 Å². The molecule has 0 amide bonds. The Labute approximate surface area is 151 Å². The zero-order chi connectivity index (χ0) is 17.4. The molecular weight excluding hydrogens is 338 g/mol. The van der Waals surface area contributed by atoms with Crippen LogP contribution in [-0.4, -0.2) is 51.1 Å². The Morgan fingerprint density at radius 3 is 3.00 bits per heavy atom. The number of hydrogen-bond donors (Lipinski definition) is 1. The molecule has 4 heterocycles. The van der Waals surface area contributed by atoms with E-state index in [2.05, 4.69) is 48.7 Å². The molecule has 0 spiro atoms. The maximum absolute atomic E-state index is 6.03. The van der Waals surface area contributed by atoms with Crippen LogP contribution >= 0.6 is 11.6 Å². The second-order valence-corrected chi connectivity index (χ2v) is 6.89. The van der Waals surface area contributed by atoms with Gasteiger partial charge in [0.2, 0.25) is 5.95 Å². The number of likely N-dealkylation sites (N-methyl/N-ethyl adjacent to an activating group) is 1. The maximum atomic E-state index is 6.03. The Hall–Kier alpha value is -2.41. The van der Waals surface area contributed by atoms with Crippen molar-refractivity contribution in [1.29, 1.82) is 0 Å². The van der Waals surface area contributed by atoms with Gasteiger partial charge in [0, 0.05) is 32.5 Å². The first-order chi connectivity index (χ1) is 12.1. The van der Waals surface area contributed by atoms with E-state index < -0.39 is 0 Å². The van der Waals surface area contributed by atoms with Crippen molar-refractivity contribution in [1.82, 2.24) is 24.9 Å². The van der Waals surface area contributed by atoms with Crippen LogP contribution in [0.4, 0.5) is 11.8 Å². The summed E-state index contributed by atoms with van der Waals surface area (Å²) >= 11 is 6.03. The molecule has 130 valence electrons. The summed E-state index contributed by atoms with van der Waals surface area (Å²) in [6, 6.07) is 4.02. The fraction of sp³-hybridized carbons (Fsp3) is 0.412. The molecule has 1 N–H and O–H groups in total. The summed E-state index contributed by atoms with van der Waals surface area (Å²) in [4.78, 5) is 25.1. The summed E-state index contributed by atoms with van der Waals surface area (Å²) in [6.45, 7) is 4.04. The zero-order valence-electron chi connectivity index (χ0n) is 14.2. The molecule has 2 unspecified atom stereocenters. The molecule has 25 heavy (non-hydrogen) atoms. The maximum Gasteiger partial charge on any atom is 0.226 e. The minimum absolute atomic E-state index is 0.296. The third-order valence-corrected chi connectivity index (χ3v) is 5.19. The number of nitrogens with one attached hydrogen (secondary N) is 1. The molecule has 0 bridgehead atoms. The molecule has 1 saturated heterocycles. The van der Waals surface area contributed by atoms with Crippen molar-refractivity contribution in [2.45, 2.75) is 19.4 Å². The smallest absolute Gasteiger partial charge is 0.226 e. The molecular formula is C17H20ClN7. The number of H-pyrrole nitrogens is 1. The van der Waals surface area contributed by atoms with Crippen LogP contribution in [0, 0.1) is 5.92 Å². The molecule has 3 aromatic heterocycles. The first kappa shape index (κ1) is 16.1. The zero-order valence-corrected chi connectivity index (χ0v) is 15.0. The number of aromatic nitrogens is 5. The molecule has 0 aromatic carbocycles. The number of nitrogens with zero attached hydrogens (tertiary/aromatic N) is 6. The fourth-order valence-electron chi connectivity index (χ4n) is 3.51. The Balaban J connectivity index is 1.62. The lowest BCUT2D eigenvalue weighted by atomic mass is 9.92. The standard InChI is InChI=1S/C17H20ClN7/c1-11-5-8-25(17-20-7-4-14(18)23-17)9-13(11)24(2)16-12-3-6-19-15(12)21-10-22-16/h3-4,6-7,10-11,13H,5,8-9H2,1-2H3,(H,19,21,22). The van der Waals surface area contributed by atoms with Crippen LogP contribution in [0.1, 0.15) is 13.3 Å². The Morgan fingerprint density at radius 1 is 1.28 bits per heavy atom. The van der Waals surface area contributed by atoms with E-state index in [0.29, 0.717) is 23.1 Å². The van der Waals surface area contributed by atoms with E-state index in [9.17, 15) is 0 Å². The van der Waals surface area contributed by atoms with E-state index in [-0.39, 0.29) is 0 Å². The molecule has 4 rings (SSSR count). The summed E-state index contributed by atoms with van der Waals surface area (Å²) < 4.78 is 0. The fourth-order valence-corrected chi connectivity index (χ4v) is 3.64. The highest BCUT2D eigenvalue weighted by molar-refractivity contribution is 6.29.